The summed E-state index contributed by atoms with van der Waals surface area (Å²) in [5.41, 5.74) is 1.61. The van der Waals surface area contributed by atoms with Crippen molar-refractivity contribution in [3.05, 3.63) is 17.2 Å². The van der Waals surface area contributed by atoms with E-state index in [4.69, 9.17) is 12.2 Å². The zero-order valence-corrected chi connectivity index (χ0v) is 5.77. The van der Waals surface area contributed by atoms with Crippen molar-refractivity contribution in [1.82, 2.24) is 20.2 Å². The van der Waals surface area contributed by atoms with E-state index in [1.54, 1.807) is 6.20 Å². The van der Waals surface area contributed by atoms with Gasteiger partial charge in [0.25, 0.3) is 0 Å². The Morgan fingerprint density at radius 1 is 1.40 bits per heavy atom. The molecule has 0 unspecified atom stereocenters. The predicted octanol–water partition coefficient (Wildman–Crippen LogP) is 1.02. The van der Waals surface area contributed by atoms with Gasteiger partial charge in [-0.05, 0) is 0 Å². The van der Waals surface area contributed by atoms with Crippen LogP contribution in [0.5, 0.6) is 0 Å². The maximum Gasteiger partial charge on any atom is 0.146 e. The monoisotopic (exact) mass is 152 g/mol. The van der Waals surface area contributed by atoms with Crippen LogP contribution in [-0.4, -0.2) is 20.2 Å². The minimum atomic E-state index is 0.623. The molecule has 0 spiro atoms. The van der Waals surface area contributed by atoms with E-state index in [1.807, 2.05) is 0 Å². The Bertz CT molecular complexity index is 401. The predicted molar refractivity (Wildman–Crippen MR) is 39.1 cm³/mol. The van der Waals surface area contributed by atoms with E-state index in [1.165, 1.54) is 6.33 Å². The number of H-pyrrole nitrogens is 2. The fourth-order valence-corrected chi connectivity index (χ4v) is 0.999. The summed E-state index contributed by atoms with van der Waals surface area (Å²) in [6, 6.07) is 0. The summed E-state index contributed by atoms with van der Waals surface area (Å²) in [7, 11) is 0. The summed E-state index contributed by atoms with van der Waals surface area (Å²) in [6.45, 7) is 0. The van der Waals surface area contributed by atoms with E-state index < -0.39 is 0 Å². The maximum atomic E-state index is 4.91. The molecule has 2 rings (SSSR count). The van der Waals surface area contributed by atoms with Gasteiger partial charge in [-0.2, -0.15) is 0 Å². The Morgan fingerprint density at radius 2 is 2.30 bits per heavy atom. The lowest BCUT2D eigenvalue weighted by atomic mass is 10.5. The molecule has 2 aromatic heterocycles. The average molecular weight is 152 g/mol. The number of aromatic amines is 2. The van der Waals surface area contributed by atoms with Gasteiger partial charge in [0.1, 0.15) is 22.0 Å². The van der Waals surface area contributed by atoms with Gasteiger partial charge in [0.2, 0.25) is 0 Å². The van der Waals surface area contributed by atoms with E-state index in [9.17, 15) is 0 Å². The van der Waals surface area contributed by atoms with Crippen molar-refractivity contribution in [2.24, 2.45) is 0 Å². The summed E-state index contributed by atoms with van der Waals surface area (Å²) in [5.74, 6) is 0. The molecule has 0 radical (unpaired) electrons. The fourth-order valence-electron chi connectivity index (χ4n) is 0.785. The minimum Gasteiger partial charge on any atom is -0.296 e. The summed E-state index contributed by atoms with van der Waals surface area (Å²) >= 11 is 4.91. The Labute approximate surface area is 61.3 Å². The number of nitrogens with zero attached hydrogens (tertiary/aromatic N) is 2. The molecular formula is C5H4N4S. The van der Waals surface area contributed by atoms with Crippen LogP contribution in [0.2, 0.25) is 0 Å². The van der Waals surface area contributed by atoms with E-state index >= 15 is 0 Å². The zero-order chi connectivity index (χ0) is 6.97. The van der Waals surface area contributed by atoms with Crippen molar-refractivity contribution in [2.45, 2.75) is 0 Å². The lowest BCUT2D eigenvalue weighted by Gasteiger charge is -1.80. The second kappa shape index (κ2) is 1.88. The molecule has 0 amide bonds. The third-order valence-electron chi connectivity index (χ3n) is 1.24. The molecule has 10 heavy (non-hydrogen) atoms. The summed E-state index contributed by atoms with van der Waals surface area (Å²) in [4.78, 5) is 7.78. The van der Waals surface area contributed by atoms with Crippen LogP contribution in [0.3, 0.4) is 0 Å². The van der Waals surface area contributed by atoms with Crippen LogP contribution >= 0.6 is 12.2 Å². The Kier molecular flexibility index (Phi) is 1.04. The first-order valence-corrected chi connectivity index (χ1v) is 3.15. The van der Waals surface area contributed by atoms with Gasteiger partial charge >= 0.3 is 0 Å². The van der Waals surface area contributed by atoms with Gasteiger partial charge in [0, 0.05) is 0 Å². The zero-order valence-electron chi connectivity index (χ0n) is 4.96. The van der Waals surface area contributed by atoms with Gasteiger partial charge in [0.15, 0.2) is 0 Å². The molecule has 0 atom stereocenters. The highest BCUT2D eigenvalue weighted by Gasteiger charge is 1.94. The van der Waals surface area contributed by atoms with Gasteiger partial charge < -0.3 is 0 Å². The van der Waals surface area contributed by atoms with Gasteiger partial charge in [-0.25, -0.2) is 9.97 Å². The minimum absolute atomic E-state index is 0.623. The lowest BCUT2D eigenvalue weighted by Crippen LogP contribution is -1.75. The summed E-state index contributed by atoms with van der Waals surface area (Å²) in [5, 5.41) is 5.60. The number of rotatable bonds is 0. The third-order valence-corrected chi connectivity index (χ3v) is 1.53. The highest BCUT2D eigenvalue weighted by atomic mass is 32.1. The normalized spacial score (nSPS) is 10.4. The van der Waals surface area contributed by atoms with Crippen molar-refractivity contribution in [2.75, 3.05) is 0 Å². The molecule has 5 heteroatoms. The standard InChI is InChI=1S/C5H4N4S/c10-5-4-3(8-9-5)1-6-2-7-4/h1-2H,(H2,8,9,10). The van der Waals surface area contributed by atoms with Crippen LogP contribution < -0.4 is 0 Å². The van der Waals surface area contributed by atoms with Gasteiger partial charge in [-0.3, -0.25) is 10.2 Å². The third kappa shape index (κ3) is 0.640. The molecule has 50 valence electrons. The first-order valence-electron chi connectivity index (χ1n) is 2.74. The lowest BCUT2D eigenvalue weighted by molar-refractivity contribution is 1.10. The molecule has 0 aliphatic heterocycles. The van der Waals surface area contributed by atoms with Crippen LogP contribution in [-0.2, 0) is 0 Å². The van der Waals surface area contributed by atoms with Gasteiger partial charge in [-0.1, -0.05) is 12.2 Å². The largest absolute Gasteiger partial charge is 0.296 e. The molecule has 0 fully saturated rings. The van der Waals surface area contributed by atoms with Crippen molar-refractivity contribution >= 4 is 23.3 Å². The Hall–Kier alpha value is -1.23. The van der Waals surface area contributed by atoms with Crippen molar-refractivity contribution in [3.63, 3.8) is 0 Å². The molecule has 0 saturated heterocycles. The van der Waals surface area contributed by atoms with Crippen molar-refractivity contribution in [3.8, 4) is 0 Å². The maximum absolute atomic E-state index is 4.91. The number of aromatic nitrogens is 4. The number of hydrogen-bond acceptors (Lipinski definition) is 3. The number of nitrogens with one attached hydrogen (secondary N) is 2. The second-order valence-corrected chi connectivity index (χ2v) is 2.27. The smallest absolute Gasteiger partial charge is 0.146 e. The SMILES string of the molecule is S=c1[nH][nH]c2cncnc12. The van der Waals surface area contributed by atoms with Crippen LogP contribution in [0.15, 0.2) is 12.5 Å². The first-order chi connectivity index (χ1) is 4.88. The molecule has 0 aliphatic rings. The topological polar surface area (TPSA) is 57.4 Å². The number of hydrogen-bond donors (Lipinski definition) is 2. The van der Waals surface area contributed by atoms with E-state index in [0.29, 0.717) is 4.64 Å². The van der Waals surface area contributed by atoms with E-state index in [-0.39, 0.29) is 0 Å². The van der Waals surface area contributed by atoms with Gasteiger partial charge in [0.05, 0.1) is 6.20 Å². The molecule has 2 aromatic rings. The van der Waals surface area contributed by atoms with E-state index in [0.717, 1.165) is 11.0 Å². The highest BCUT2D eigenvalue weighted by molar-refractivity contribution is 7.71. The molecule has 0 aromatic carbocycles. The van der Waals surface area contributed by atoms with Crippen LogP contribution in [0, 0.1) is 4.64 Å². The van der Waals surface area contributed by atoms with Crippen LogP contribution in [0.4, 0.5) is 0 Å². The molecule has 0 saturated carbocycles. The first kappa shape index (κ1) is 5.55. The molecule has 2 heterocycles. The van der Waals surface area contributed by atoms with Crippen molar-refractivity contribution in [1.29, 1.82) is 0 Å². The molecule has 2 N–H and O–H groups in total. The Balaban J connectivity index is 3.07. The highest BCUT2D eigenvalue weighted by Crippen LogP contribution is 2.04. The Morgan fingerprint density at radius 3 is 3.10 bits per heavy atom. The second-order valence-electron chi connectivity index (χ2n) is 1.86. The fraction of sp³-hybridized carbons (Fsp3) is 0. The summed E-state index contributed by atoms with van der Waals surface area (Å²) in [6.07, 6.45) is 3.15. The average Bonchev–Trinajstić information content (AvgIpc) is 2.34. The molecule has 0 bridgehead atoms. The quantitative estimate of drug-likeness (QED) is 0.554. The van der Waals surface area contributed by atoms with Crippen LogP contribution in [0.1, 0.15) is 0 Å². The number of fused-ring (bicyclic) bond motifs is 1. The molecule has 0 aliphatic carbocycles. The van der Waals surface area contributed by atoms with E-state index in [2.05, 4.69) is 20.2 Å². The molecular weight excluding hydrogens is 148 g/mol. The van der Waals surface area contributed by atoms with Gasteiger partial charge in [-0.15, -0.1) is 0 Å². The summed E-state index contributed by atoms with van der Waals surface area (Å²) < 4.78 is 0.623. The molecule has 4 nitrogen and oxygen atoms in total. The van der Waals surface area contributed by atoms with Crippen LogP contribution in [0.25, 0.3) is 11.0 Å². The van der Waals surface area contributed by atoms with Crippen molar-refractivity contribution < 1.29 is 0 Å².